The van der Waals surface area contributed by atoms with Gasteiger partial charge in [-0.1, -0.05) is 37.3 Å². The standard InChI is InChI=1S/C16H22N2O3/c1-13(14-7-4-3-5-8-14)11-17(2)15(19)12-18-9-6-10-21-16(18)20/h3-5,7-8,13H,6,9-12H2,1-2H3. The molecule has 0 bridgehead atoms. The summed E-state index contributed by atoms with van der Waals surface area (Å²) in [4.78, 5) is 26.9. The number of carbonyl (C=O) groups excluding carboxylic acids is 2. The van der Waals surface area contributed by atoms with Crippen molar-refractivity contribution in [2.45, 2.75) is 19.3 Å². The van der Waals surface area contributed by atoms with Gasteiger partial charge in [-0.3, -0.25) is 9.69 Å². The van der Waals surface area contributed by atoms with Crippen molar-refractivity contribution in [1.29, 1.82) is 0 Å². The van der Waals surface area contributed by atoms with E-state index in [0.29, 0.717) is 19.7 Å². The largest absolute Gasteiger partial charge is 0.449 e. The lowest BCUT2D eigenvalue weighted by Crippen LogP contribution is -2.45. The molecular weight excluding hydrogens is 268 g/mol. The van der Waals surface area contributed by atoms with Crippen LogP contribution in [-0.2, 0) is 9.53 Å². The zero-order valence-corrected chi connectivity index (χ0v) is 12.6. The third-order valence-corrected chi connectivity index (χ3v) is 3.72. The molecule has 5 heteroatoms. The number of cyclic esters (lactones) is 1. The molecular formula is C16H22N2O3. The molecule has 1 aliphatic heterocycles. The number of amides is 2. The summed E-state index contributed by atoms with van der Waals surface area (Å²) in [6.45, 7) is 3.86. The fourth-order valence-electron chi connectivity index (χ4n) is 2.42. The topological polar surface area (TPSA) is 49.9 Å². The maximum absolute atomic E-state index is 12.2. The van der Waals surface area contributed by atoms with Crippen molar-refractivity contribution in [2.75, 3.05) is 33.3 Å². The molecule has 114 valence electrons. The smallest absolute Gasteiger partial charge is 0.410 e. The summed E-state index contributed by atoms with van der Waals surface area (Å²) in [5.41, 5.74) is 1.20. The van der Waals surface area contributed by atoms with Gasteiger partial charge in [-0.25, -0.2) is 4.79 Å². The number of likely N-dealkylation sites (N-methyl/N-ethyl adjacent to an activating group) is 1. The van der Waals surface area contributed by atoms with Crippen LogP contribution in [0.5, 0.6) is 0 Å². The molecule has 1 saturated heterocycles. The lowest BCUT2D eigenvalue weighted by atomic mass is 10.0. The zero-order valence-electron chi connectivity index (χ0n) is 12.6. The van der Waals surface area contributed by atoms with Gasteiger partial charge in [0.1, 0.15) is 6.54 Å². The van der Waals surface area contributed by atoms with Crippen LogP contribution in [0.1, 0.15) is 24.8 Å². The van der Waals surface area contributed by atoms with Gasteiger partial charge in [0.25, 0.3) is 0 Å². The number of hydrogen-bond donors (Lipinski definition) is 0. The highest BCUT2D eigenvalue weighted by atomic mass is 16.6. The van der Waals surface area contributed by atoms with Crippen molar-refractivity contribution in [2.24, 2.45) is 0 Å². The molecule has 0 saturated carbocycles. The minimum absolute atomic E-state index is 0.0587. The second kappa shape index (κ2) is 7.11. The Hall–Kier alpha value is -2.04. The Morgan fingerprint density at radius 3 is 2.76 bits per heavy atom. The number of carbonyl (C=O) groups is 2. The summed E-state index contributed by atoms with van der Waals surface area (Å²) in [6, 6.07) is 10.1. The maximum atomic E-state index is 12.2. The SMILES string of the molecule is CC(CN(C)C(=O)CN1CCCOC1=O)c1ccccc1. The summed E-state index contributed by atoms with van der Waals surface area (Å²) in [5, 5.41) is 0. The van der Waals surface area contributed by atoms with Crippen molar-refractivity contribution in [3.05, 3.63) is 35.9 Å². The van der Waals surface area contributed by atoms with Crippen molar-refractivity contribution in [1.82, 2.24) is 9.80 Å². The summed E-state index contributed by atoms with van der Waals surface area (Å²) >= 11 is 0. The Kier molecular flexibility index (Phi) is 5.20. The first-order valence-corrected chi connectivity index (χ1v) is 7.28. The molecule has 0 spiro atoms. The highest BCUT2D eigenvalue weighted by molar-refractivity contribution is 5.82. The molecule has 1 aromatic rings. The highest BCUT2D eigenvalue weighted by Crippen LogP contribution is 2.15. The minimum atomic E-state index is -0.390. The van der Waals surface area contributed by atoms with Crippen LogP contribution in [0.15, 0.2) is 30.3 Å². The highest BCUT2D eigenvalue weighted by Gasteiger charge is 2.24. The van der Waals surface area contributed by atoms with Crippen LogP contribution in [0.3, 0.4) is 0 Å². The van der Waals surface area contributed by atoms with Crippen LogP contribution in [-0.4, -0.2) is 55.1 Å². The monoisotopic (exact) mass is 290 g/mol. The van der Waals surface area contributed by atoms with Gasteiger partial charge in [0.05, 0.1) is 6.61 Å². The number of hydrogen-bond acceptors (Lipinski definition) is 3. The van der Waals surface area contributed by atoms with Gasteiger partial charge in [0.2, 0.25) is 5.91 Å². The molecule has 0 aromatic heterocycles. The van der Waals surface area contributed by atoms with E-state index in [4.69, 9.17) is 4.74 Å². The van der Waals surface area contributed by atoms with Crippen molar-refractivity contribution >= 4 is 12.0 Å². The molecule has 2 amide bonds. The van der Waals surface area contributed by atoms with Crippen LogP contribution >= 0.6 is 0 Å². The Bertz CT molecular complexity index is 490. The van der Waals surface area contributed by atoms with Gasteiger partial charge in [-0.15, -0.1) is 0 Å². The van der Waals surface area contributed by atoms with E-state index in [1.54, 1.807) is 11.9 Å². The molecule has 0 aliphatic carbocycles. The van der Waals surface area contributed by atoms with Gasteiger partial charge in [0.15, 0.2) is 0 Å². The molecule has 0 radical (unpaired) electrons. The molecule has 1 heterocycles. The van der Waals surface area contributed by atoms with E-state index in [2.05, 4.69) is 19.1 Å². The summed E-state index contributed by atoms with van der Waals surface area (Å²) in [7, 11) is 1.77. The molecule has 1 atom stereocenters. The predicted molar refractivity (Wildman–Crippen MR) is 80.0 cm³/mol. The second-order valence-corrected chi connectivity index (χ2v) is 5.48. The zero-order chi connectivity index (χ0) is 15.2. The molecule has 1 aromatic carbocycles. The van der Waals surface area contributed by atoms with E-state index in [9.17, 15) is 9.59 Å². The molecule has 1 aliphatic rings. The first kappa shape index (κ1) is 15.4. The molecule has 21 heavy (non-hydrogen) atoms. The predicted octanol–water partition coefficient (Wildman–Crippen LogP) is 2.09. The Morgan fingerprint density at radius 1 is 1.38 bits per heavy atom. The average molecular weight is 290 g/mol. The lowest BCUT2D eigenvalue weighted by Gasteiger charge is -2.28. The number of benzene rings is 1. The maximum Gasteiger partial charge on any atom is 0.410 e. The van der Waals surface area contributed by atoms with E-state index in [0.717, 1.165) is 6.42 Å². The summed E-state index contributed by atoms with van der Waals surface area (Å²) in [5.74, 6) is 0.199. The van der Waals surface area contributed by atoms with Gasteiger partial charge >= 0.3 is 6.09 Å². The van der Waals surface area contributed by atoms with Crippen molar-refractivity contribution in [3.63, 3.8) is 0 Å². The molecule has 1 unspecified atom stereocenters. The van der Waals surface area contributed by atoms with Crippen molar-refractivity contribution in [3.8, 4) is 0 Å². The fourth-order valence-corrected chi connectivity index (χ4v) is 2.42. The van der Waals surface area contributed by atoms with Crippen LogP contribution in [0.4, 0.5) is 4.79 Å². The van der Waals surface area contributed by atoms with E-state index in [1.807, 2.05) is 18.2 Å². The van der Waals surface area contributed by atoms with Gasteiger partial charge in [-0.2, -0.15) is 0 Å². The van der Waals surface area contributed by atoms with Gasteiger partial charge < -0.3 is 9.64 Å². The molecule has 1 fully saturated rings. The normalized spacial score (nSPS) is 16.3. The first-order chi connectivity index (χ1) is 10.1. The van der Waals surface area contributed by atoms with Gasteiger partial charge in [0, 0.05) is 20.1 Å². The van der Waals surface area contributed by atoms with Crippen LogP contribution in [0.25, 0.3) is 0 Å². The lowest BCUT2D eigenvalue weighted by molar-refractivity contribution is -0.131. The quantitative estimate of drug-likeness (QED) is 0.834. The second-order valence-electron chi connectivity index (χ2n) is 5.48. The van der Waals surface area contributed by atoms with Crippen LogP contribution in [0.2, 0.25) is 0 Å². The molecule has 0 N–H and O–H groups in total. The van der Waals surface area contributed by atoms with Gasteiger partial charge in [-0.05, 0) is 17.9 Å². The fraction of sp³-hybridized carbons (Fsp3) is 0.500. The molecule has 2 rings (SSSR count). The Labute approximate surface area is 125 Å². The Balaban J connectivity index is 1.86. The Morgan fingerprint density at radius 2 is 2.10 bits per heavy atom. The van der Waals surface area contributed by atoms with Crippen LogP contribution < -0.4 is 0 Å². The minimum Gasteiger partial charge on any atom is -0.449 e. The van der Waals surface area contributed by atoms with E-state index >= 15 is 0 Å². The third kappa shape index (κ3) is 4.21. The number of nitrogens with zero attached hydrogens (tertiary/aromatic N) is 2. The van der Waals surface area contributed by atoms with Crippen LogP contribution in [0, 0.1) is 0 Å². The summed E-state index contributed by atoms with van der Waals surface area (Å²) in [6.07, 6.45) is 0.391. The molecule has 5 nitrogen and oxygen atoms in total. The van der Waals surface area contributed by atoms with E-state index < -0.39 is 0 Å². The summed E-state index contributed by atoms with van der Waals surface area (Å²) < 4.78 is 4.94. The number of rotatable bonds is 5. The van der Waals surface area contributed by atoms with E-state index in [1.165, 1.54) is 10.5 Å². The number of ether oxygens (including phenoxy) is 1. The van der Waals surface area contributed by atoms with Crippen molar-refractivity contribution < 1.29 is 14.3 Å². The third-order valence-electron chi connectivity index (χ3n) is 3.72. The first-order valence-electron chi connectivity index (χ1n) is 7.28. The van der Waals surface area contributed by atoms with E-state index in [-0.39, 0.29) is 24.5 Å². The average Bonchev–Trinajstić information content (AvgIpc) is 2.50.